The molecule has 2 aromatic rings. The van der Waals surface area contributed by atoms with Crippen LogP contribution in [-0.4, -0.2) is 35.4 Å². The van der Waals surface area contributed by atoms with E-state index in [9.17, 15) is 4.79 Å². The molecule has 0 saturated heterocycles. The number of hydrogen-bond acceptors (Lipinski definition) is 5. The Bertz CT molecular complexity index is 829. The molecule has 0 bridgehead atoms. The minimum atomic E-state index is -0.00365. The molecule has 1 aliphatic carbocycles. The molecule has 0 radical (unpaired) electrons. The molecule has 1 heterocycles. The van der Waals surface area contributed by atoms with Crippen LogP contribution in [0.25, 0.3) is 0 Å². The van der Waals surface area contributed by atoms with E-state index in [4.69, 9.17) is 14.5 Å². The van der Waals surface area contributed by atoms with E-state index >= 15 is 0 Å². The third kappa shape index (κ3) is 4.63. The van der Waals surface area contributed by atoms with Crippen LogP contribution in [0, 0.1) is 13.8 Å². The van der Waals surface area contributed by atoms with E-state index in [0.717, 1.165) is 16.4 Å². The Kier molecular flexibility index (Phi) is 6.88. The van der Waals surface area contributed by atoms with Crippen LogP contribution in [0.2, 0.25) is 0 Å². The van der Waals surface area contributed by atoms with E-state index in [1.165, 1.54) is 43.1 Å². The Labute approximate surface area is 171 Å². The number of carbonyl (C=O) groups is 1. The fourth-order valence-electron chi connectivity index (χ4n) is 3.66. The summed E-state index contributed by atoms with van der Waals surface area (Å²) in [6.07, 6.45) is 4.96. The second-order valence-electron chi connectivity index (χ2n) is 7.13. The molecule has 0 unspecified atom stereocenters. The predicted octanol–water partition coefficient (Wildman–Crippen LogP) is 4.04. The highest BCUT2D eigenvalue weighted by Crippen LogP contribution is 2.35. The van der Waals surface area contributed by atoms with Crippen LogP contribution in [0.3, 0.4) is 0 Å². The second-order valence-corrected chi connectivity index (χ2v) is 8.07. The van der Waals surface area contributed by atoms with Gasteiger partial charge in [-0.2, -0.15) is 0 Å². The number of hydrogen-bond donors (Lipinski definition) is 1. The zero-order valence-corrected chi connectivity index (χ0v) is 17.9. The number of ether oxygens (including phenoxy) is 2. The van der Waals surface area contributed by atoms with Gasteiger partial charge >= 0.3 is 0 Å². The first-order valence-corrected chi connectivity index (χ1v) is 10.7. The van der Waals surface area contributed by atoms with Gasteiger partial charge in [-0.05, 0) is 44.4 Å². The maximum atomic E-state index is 12.4. The van der Waals surface area contributed by atoms with Crippen molar-refractivity contribution in [3.8, 4) is 11.5 Å². The lowest BCUT2D eigenvalue weighted by atomic mass is 10.2. The number of carbonyl (C=O) groups excluding carboxylic acids is 1. The first kappa shape index (κ1) is 20.6. The Morgan fingerprint density at radius 3 is 2.61 bits per heavy atom. The van der Waals surface area contributed by atoms with Gasteiger partial charge in [0.2, 0.25) is 5.91 Å². The molecule has 0 spiro atoms. The van der Waals surface area contributed by atoms with Gasteiger partial charge in [-0.1, -0.05) is 30.7 Å². The van der Waals surface area contributed by atoms with Crippen LogP contribution in [0.4, 0.5) is 0 Å². The van der Waals surface area contributed by atoms with Gasteiger partial charge in [-0.15, -0.1) is 0 Å². The number of nitrogens with one attached hydrogen (secondary N) is 1. The van der Waals surface area contributed by atoms with Crippen molar-refractivity contribution in [2.75, 3.05) is 20.0 Å². The summed E-state index contributed by atoms with van der Waals surface area (Å²) in [5.74, 6) is 1.69. The monoisotopic (exact) mass is 403 g/mol. The smallest absolute Gasteiger partial charge is 0.230 e. The van der Waals surface area contributed by atoms with Crippen molar-refractivity contribution in [3.05, 3.63) is 35.2 Å². The van der Waals surface area contributed by atoms with E-state index in [-0.39, 0.29) is 5.91 Å². The number of amides is 1. The zero-order chi connectivity index (χ0) is 20.1. The Balaban J connectivity index is 1.57. The van der Waals surface area contributed by atoms with Gasteiger partial charge in [0.1, 0.15) is 0 Å². The van der Waals surface area contributed by atoms with E-state index in [2.05, 4.69) is 16.8 Å². The number of nitrogens with zero attached hydrogens (tertiary/aromatic N) is 2. The molecule has 0 atom stereocenters. The average Bonchev–Trinajstić information content (AvgIpc) is 3.32. The summed E-state index contributed by atoms with van der Waals surface area (Å²) in [6, 6.07) is 6.18. The third-order valence-corrected chi connectivity index (χ3v) is 6.27. The van der Waals surface area contributed by atoms with Crippen molar-refractivity contribution in [2.24, 2.45) is 0 Å². The van der Waals surface area contributed by atoms with Gasteiger partial charge in [0.05, 0.1) is 25.7 Å². The van der Waals surface area contributed by atoms with Crippen molar-refractivity contribution in [3.63, 3.8) is 0 Å². The molecule has 1 fully saturated rings. The molecule has 1 saturated carbocycles. The molecule has 0 aliphatic heterocycles. The average molecular weight is 404 g/mol. The molecule has 1 aliphatic rings. The van der Waals surface area contributed by atoms with Crippen LogP contribution < -0.4 is 14.8 Å². The summed E-state index contributed by atoms with van der Waals surface area (Å²) in [5.41, 5.74) is 3.25. The quantitative estimate of drug-likeness (QED) is 0.674. The van der Waals surface area contributed by atoms with Gasteiger partial charge in [0, 0.05) is 18.3 Å². The maximum Gasteiger partial charge on any atom is 0.230 e. The summed E-state index contributed by atoms with van der Waals surface area (Å²) in [4.78, 5) is 17.1. The SMILES string of the molecule is COc1ccc(CNC(=O)CSc2nc(C)c(C)n2C2CCCC2)cc1OC. The number of imidazole rings is 1. The van der Waals surface area contributed by atoms with E-state index in [1.54, 1.807) is 14.2 Å². The molecule has 1 aromatic carbocycles. The zero-order valence-electron chi connectivity index (χ0n) is 17.1. The van der Waals surface area contributed by atoms with Gasteiger partial charge in [-0.25, -0.2) is 4.98 Å². The summed E-state index contributed by atoms with van der Waals surface area (Å²) < 4.78 is 12.9. The summed E-state index contributed by atoms with van der Waals surface area (Å²) in [7, 11) is 3.21. The molecule has 7 heteroatoms. The highest BCUT2D eigenvalue weighted by molar-refractivity contribution is 7.99. The molecule has 1 N–H and O–H groups in total. The molecule has 3 rings (SSSR count). The highest BCUT2D eigenvalue weighted by atomic mass is 32.2. The number of methoxy groups -OCH3 is 2. The maximum absolute atomic E-state index is 12.4. The topological polar surface area (TPSA) is 65.4 Å². The van der Waals surface area contributed by atoms with Crippen molar-refractivity contribution < 1.29 is 14.3 Å². The molecular formula is C21H29N3O3S. The predicted molar refractivity (Wildman–Crippen MR) is 111 cm³/mol. The highest BCUT2D eigenvalue weighted by Gasteiger charge is 2.23. The van der Waals surface area contributed by atoms with E-state index < -0.39 is 0 Å². The van der Waals surface area contributed by atoms with Gasteiger partial charge in [0.25, 0.3) is 0 Å². The largest absolute Gasteiger partial charge is 0.493 e. The lowest BCUT2D eigenvalue weighted by Crippen LogP contribution is -2.24. The van der Waals surface area contributed by atoms with Crippen LogP contribution in [0.15, 0.2) is 23.4 Å². The minimum absolute atomic E-state index is 0.00365. The molecular weight excluding hydrogens is 374 g/mol. The minimum Gasteiger partial charge on any atom is -0.493 e. The number of aromatic nitrogens is 2. The Hall–Kier alpha value is -2.15. The van der Waals surface area contributed by atoms with E-state index in [1.807, 2.05) is 25.1 Å². The van der Waals surface area contributed by atoms with Crippen LogP contribution >= 0.6 is 11.8 Å². The Morgan fingerprint density at radius 2 is 1.93 bits per heavy atom. The van der Waals surface area contributed by atoms with Crippen LogP contribution in [0.1, 0.15) is 48.7 Å². The van der Waals surface area contributed by atoms with Crippen LogP contribution in [-0.2, 0) is 11.3 Å². The number of thioether (sulfide) groups is 1. The van der Waals surface area contributed by atoms with E-state index in [0.29, 0.717) is 29.8 Å². The molecule has 152 valence electrons. The molecule has 1 amide bonds. The third-order valence-electron chi connectivity index (χ3n) is 5.31. The summed E-state index contributed by atoms with van der Waals surface area (Å²) in [5, 5.41) is 3.94. The lowest BCUT2D eigenvalue weighted by molar-refractivity contribution is -0.118. The number of benzene rings is 1. The normalized spacial score (nSPS) is 14.3. The van der Waals surface area contributed by atoms with Crippen molar-refractivity contribution in [1.82, 2.24) is 14.9 Å². The fourth-order valence-corrected chi connectivity index (χ4v) is 4.65. The fraction of sp³-hybridized carbons (Fsp3) is 0.524. The number of rotatable bonds is 8. The first-order chi connectivity index (χ1) is 13.5. The van der Waals surface area contributed by atoms with Gasteiger partial charge in [0.15, 0.2) is 16.7 Å². The van der Waals surface area contributed by atoms with Crippen molar-refractivity contribution in [1.29, 1.82) is 0 Å². The van der Waals surface area contributed by atoms with Gasteiger partial charge in [-0.3, -0.25) is 4.79 Å². The van der Waals surface area contributed by atoms with Crippen molar-refractivity contribution >= 4 is 17.7 Å². The lowest BCUT2D eigenvalue weighted by Gasteiger charge is -2.17. The summed E-state index contributed by atoms with van der Waals surface area (Å²) in [6.45, 7) is 4.62. The molecule has 1 aromatic heterocycles. The number of aryl methyl sites for hydroxylation is 1. The van der Waals surface area contributed by atoms with Gasteiger partial charge < -0.3 is 19.4 Å². The van der Waals surface area contributed by atoms with Crippen LogP contribution in [0.5, 0.6) is 11.5 Å². The Morgan fingerprint density at radius 1 is 1.21 bits per heavy atom. The molecule has 6 nitrogen and oxygen atoms in total. The van der Waals surface area contributed by atoms with Crippen molar-refractivity contribution in [2.45, 2.75) is 57.3 Å². The standard InChI is InChI=1S/C21H29N3O3S/c1-14-15(2)24(17-7-5-6-8-17)21(23-14)28-13-20(25)22-12-16-9-10-18(26-3)19(11-16)27-4/h9-11,17H,5-8,12-13H2,1-4H3,(H,22,25). The molecule has 28 heavy (non-hydrogen) atoms. The second kappa shape index (κ2) is 9.37. The summed E-state index contributed by atoms with van der Waals surface area (Å²) >= 11 is 1.52. The first-order valence-electron chi connectivity index (χ1n) is 9.69.